The second kappa shape index (κ2) is 9.59. The number of hydrogen-bond acceptors (Lipinski definition) is 5. The number of imide groups is 1. The summed E-state index contributed by atoms with van der Waals surface area (Å²) in [6, 6.07) is 8.19. The van der Waals surface area contributed by atoms with Gasteiger partial charge in [-0.25, -0.2) is 9.59 Å². The van der Waals surface area contributed by atoms with Gasteiger partial charge in [-0.2, -0.15) is 0 Å². The van der Waals surface area contributed by atoms with Crippen molar-refractivity contribution in [2.45, 2.75) is 64.5 Å². The van der Waals surface area contributed by atoms with E-state index in [0.717, 1.165) is 16.7 Å². The number of carbonyl (C=O) groups excluding carboxylic acids is 2. The molecule has 1 atom stereocenters. The zero-order valence-electron chi connectivity index (χ0n) is 23.0. The monoisotopic (exact) mass is 534 g/mol. The highest BCUT2D eigenvalue weighted by Gasteiger charge is 2.40. The normalized spacial score (nSPS) is 18.0. The van der Waals surface area contributed by atoms with Crippen molar-refractivity contribution in [2.75, 3.05) is 18.6 Å². The maximum Gasteiger partial charge on any atom is 0.411 e. The van der Waals surface area contributed by atoms with E-state index in [1.54, 1.807) is 26.3 Å². The molecule has 1 aromatic heterocycles. The van der Waals surface area contributed by atoms with Gasteiger partial charge in [-0.05, 0) is 54.0 Å². The molecule has 0 radical (unpaired) electrons. The highest BCUT2D eigenvalue weighted by atomic mass is 16.5. The first-order valence-corrected chi connectivity index (χ1v) is 13.2. The number of anilines is 1. The smallest absolute Gasteiger partial charge is 0.411 e. The van der Waals surface area contributed by atoms with Gasteiger partial charge < -0.3 is 9.84 Å². The van der Waals surface area contributed by atoms with Crippen LogP contribution in [0.25, 0.3) is 11.0 Å². The van der Waals surface area contributed by atoms with Crippen molar-refractivity contribution in [1.82, 2.24) is 14.0 Å². The van der Waals surface area contributed by atoms with Gasteiger partial charge in [0, 0.05) is 25.6 Å². The molecule has 0 aliphatic carbocycles. The maximum atomic E-state index is 13.8. The molecule has 10 heteroatoms. The third-order valence-corrected chi connectivity index (χ3v) is 7.79. The summed E-state index contributed by atoms with van der Waals surface area (Å²) in [6.45, 7) is 6.49. The molecule has 2 aliphatic heterocycles. The molecule has 1 fully saturated rings. The van der Waals surface area contributed by atoms with Crippen LogP contribution >= 0.6 is 0 Å². The molecule has 3 aromatic rings. The molecule has 0 saturated carbocycles. The van der Waals surface area contributed by atoms with E-state index in [-0.39, 0.29) is 31.0 Å². The van der Waals surface area contributed by atoms with Crippen LogP contribution in [0.5, 0.6) is 5.75 Å². The molecule has 2 aliphatic rings. The third-order valence-electron chi connectivity index (χ3n) is 7.79. The van der Waals surface area contributed by atoms with Crippen LogP contribution in [-0.2, 0) is 35.0 Å². The minimum atomic E-state index is -1.03. The second-order valence-electron chi connectivity index (χ2n) is 11.3. The summed E-state index contributed by atoms with van der Waals surface area (Å²) in [5, 5.41) is 9.98. The summed E-state index contributed by atoms with van der Waals surface area (Å²) in [6.07, 6.45) is 0.665. The quantitative estimate of drug-likeness (QED) is 0.507. The van der Waals surface area contributed by atoms with E-state index in [1.807, 2.05) is 39.0 Å². The fourth-order valence-corrected chi connectivity index (χ4v) is 5.97. The number of piperidine rings is 1. The molecular weight excluding hydrogens is 500 g/mol. The molecule has 5 rings (SSSR count). The van der Waals surface area contributed by atoms with Gasteiger partial charge in [0.2, 0.25) is 5.91 Å². The first-order chi connectivity index (χ1) is 18.4. The Balaban J connectivity index is 1.66. The van der Waals surface area contributed by atoms with Crippen LogP contribution in [0.4, 0.5) is 10.5 Å². The van der Waals surface area contributed by atoms with Crippen LogP contribution in [0, 0.1) is 0 Å². The molecule has 1 N–H and O–H groups in total. The molecule has 3 heterocycles. The Morgan fingerprint density at radius 1 is 1.10 bits per heavy atom. The van der Waals surface area contributed by atoms with Crippen LogP contribution in [-0.4, -0.2) is 50.7 Å². The van der Waals surface area contributed by atoms with Gasteiger partial charge in [0.25, 0.3) is 5.91 Å². The Labute approximate surface area is 226 Å². The SMILES string of the molecule is COc1ccc(CN2C(=O)CCC(n3c(=O)n(C)c4c(C(C)(C)C)c5c(cc43)CCCN5C(=O)O)C2=O)cc1. The summed E-state index contributed by atoms with van der Waals surface area (Å²) in [7, 11) is 3.23. The van der Waals surface area contributed by atoms with Gasteiger partial charge in [-0.1, -0.05) is 32.9 Å². The van der Waals surface area contributed by atoms with Crippen molar-refractivity contribution in [2.24, 2.45) is 7.05 Å². The topological polar surface area (TPSA) is 114 Å². The molecule has 10 nitrogen and oxygen atoms in total. The number of aromatic nitrogens is 2. The zero-order valence-corrected chi connectivity index (χ0v) is 23.0. The number of amides is 3. The lowest BCUT2D eigenvalue weighted by Crippen LogP contribution is -2.47. The van der Waals surface area contributed by atoms with Crippen LogP contribution in [0.2, 0.25) is 0 Å². The number of carboxylic acid groups (broad SMARTS) is 1. The molecule has 39 heavy (non-hydrogen) atoms. The van der Waals surface area contributed by atoms with E-state index in [1.165, 1.54) is 18.9 Å². The Hall–Kier alpha value is -4.08. The number of hydrogen-bond donors (Lipinski definition) is 1. The minimum Gasteiger partial charge on any atom is -0.497 e. The molecule has 0 bridgehead atoms. The second-order valence-corrected chi connectivity index (χ2v) is 11.3. The zero-order chi connectivity index (χ0) is 28.2. The fraction of sp³-hybridized carbons (Fsp3) is 0.448. The van der Waals surface area contributed by atoms with Crippen LogP contribution in [0.1, 0.15) is 62.8 Å². The summed E-state index contributed by atoms with van der Waals surface area (Å²) >= 11 is 0. The number of aryl methyl sites for hydroxylation is 2. The predicted molar refractivity (Wildman–Crippen MR) is 146 cm³/mol. The van der Waals surface area contributed by atoms with Crippen molar-refractivity contribution in [1.29, 1.82) is 0 Å². The number of carbonyl (C=O) groups is 3. The number of fused-ring (bicyclic) bond motifs is 2. The van der Waals surface area contributed by atoms with E-state index < -0.39 is 23.5 Å². The van der Waals surface area contributed by atoms with Gasteiger partial charge in [0.05, 0.1) is 30.4 Å². The Morgan fingerprint density at radius 2 is 1.79 bits per heavy atom. The number of likely N-dealkylation sites (tertiary alicyclic amines) is 1. The molecule has 206 valence electrons. The fourth-order valence-electron chi connectivity index (χ4n) is 5.97. The van der Waals surface area contributed by atoms with Gasteiger partial charge in [-0.15, -0.1) is 0 Å². The molecule has 1 unspecified atom stereocenters. The summed E-state index contributed by atoms with van der Waals surface area (Å²) < 4.78 is 8.23. The number of rotatable bonds is 4. The van der Waals surface area contributed by atoms with Gasteiger partial charge in [0.1, 0.15) is 11.8 Å². The summed E-state index contributed by atoms with van der Waals surface area (Å²) in [4.78, 5) is 55.3. The van der Waals surface area contributed by atoms with E-state index in [2.05, 4.69) is 0 Å². The maximum absolute atomic E-state index is 13.8. The molecular formula is C29H34N4O6. The Morgan fingerprint density at radius 3 is 2.41 bits per heavy atom. The number of benzene rings is 2. The van der Waals surface area contributed by atoms with E-state index in [0.29, 0.717) is 41.9 Å². The largest absolute Gasteiger partial charge is 0.497 e. The first-order valence-electron chi connectivity index (χ1n) is 13.2. The highest BCUT2D eigenvalue weighted by Crippen LogP contribution is 2.43. The van der Waals surface area contributed by atoms with Crippen LogP contribution < -0.4 is 15.3 Å². The summed E-state index contributed by atoms with van der Waals surface area (Å²) in [5.41, 5.74) is 3.38. The average Bonchev–Trinajstić information content (AvgIpc) is 3.13. The minimum absolute atomic E-state index is 0.105. The van der Waals surface area contributed by atoms with Gasteiger partial charge in [-0.3, -0.25) is 28.5 Å². The van der Waals surface area contributed by atoms with Crippen molar-refractivity contribution < 1.29 is 24.2 Å². The lowest BCUT2D eigenvalue weighted by atomic mass is 9.81. The number of ether oxygens (including phenoxy) is 1. The highest BCUT2D eigenvalue weighted by molar-refractivity contribution is 6.01. The standard InChI is InChI=1S/C29H34N4O6/c1-29(2,3)23-24-18(7-6-14-31(24)28(37)38)15-21-25(23)30(4)27(36)33(21)20-12-13-22(34)32(26(20)35)16-17-8-10-19(39-5)11-9-17/h8-11,15,20H,6-7,12-14,16H2,1-5H3,(H,37,38). The summed E-state index contributed by atoms with van der Waals surface area (Å²) in [5.74, 6) is -0.0150. The Kier molecular flexibility index (Phi) is 6.52. The van der Waals surface area contributed by atoms with Crippen molar-refractivity contribution in [3.05, 3.63) is 57.5 Å². The first kappa shape index (κ1) is 26.5. The van der Waals surface area contributed by atoms with Crippen LogP contribution in [0.15, 0.2) is 35.1 Å². The lowest BCUT2D eigenvalue weighted by Gasteiger charge is -2.35. The number of imidazole rings is 1. The van der Waals surface area contributed by atoms with Gasteiger partial charge in [0.15, 0.2) is 0 Å². The molecule has 3 amide bonds. The molecule has 0 spiro atoms. The van der Waals surface area contributed by atoms with Crippen molar-refractivity contribution >= 4 is 34.6 Å². The molecule has 2 aromatic carbocycles. The molecule has 1 saturated heterocycles. The Bertz CT molecular complexity index is 1540. The third kappa shape index (κ3) is 4.37. The van der Waals surface area contributed by atoms with Crippen molar-refractivity contribution in [3.63, 3.8) is 0 Å². The lowest BCUT2D eigenvalue weighted by molar-refractivity contribution is -0.151. The predicted octanol–water partition coefficient (Wildman–Crippen LogP) is 3.97. The van der Waals surface area contributed by atoms with Crippen LogP contribution in [0.3, 0.4) is 0 Å². The van der Waals surface area contributed by atoms with E-state index >= 15 is 0 Å². The van der Waals surface area contributed by atoms with E-state index in [9.17, 15) is 24.3 Å². The van der Waals surface area contributed by atoms with Crippen molar-refractivity contribution in [3.8, 4) is 5.75 Å². The van der Waals surface area contributed by atoms with Gasteiger partial charge >= 0.3 is 11.8 Å². The van der Waals surface area contributed by atoms with E-state index in [4.69, 9.17) is 4.74 Å². The number of methoxy groups -OCH3 is 1. The number of nitrogens with zero attached hydrogens (tertiary/aromatic N) is 4. The average molecular weight is 535 g/mol.